The molecule has 82 valence electrons. The van der Waals surface area contributed by atoms with Gasteiger partial charge in [0.1, 0.15) is 6.07 Å². The first-order chi connectivity index (χ1) is 7.61. The molecule has 2 aromatic rings. The summed E-state index contributed by atoms with van der Waals surface area (Å²) in [5.74, 6) is 0.545. The number of nitriles is 1. The highest BCUT2D eigenvalue weighted by Crippen LogP contribution is 2.24. The number of fused-ring (bicyclic) bond motifs is 1. The zero-order valence-corrected chi connectivity index (χ0v) is 9.57. The number of nitrogens with two attached hydrogens (primary N) is 1. The number of rotatable bonds is 2. The number of benzene rings is 1. The van der Waals surface area contributed by atoms with Gasteiger partial charge in [0.05, 0.1) is 11.1 Å². The molecule has 3 nitrogen and oxygen atoms in total. The second kappa shape index (κ2) is 3.90. The number of hydrogen-bond acceptors (Lipinski definition) is 2. The molecule has 2 N–H and O–H groups in total. The van der Waals surface area contributed by atoms with Crippen LogP contribution in [-0.2, 0) is 6.54 Å². The van der Waals surface area contributed by atoms with Crippen LogP contribution in [0.5, 0.6) is 0 Å². The highest BCUT2D eigenvalue weighted by atomic mass is 15.0. The van der Waals surface area contributed by atoms with Gasteiger partial charge in [0.2, 0.25) is 0 Å². The van der Waals surface area contributed by atoms with Gasteiger partial charge in [0.25, 0.3) is 0 Å². The first-order valence-electron chi connectivity index (χ1n) is 5.40. The van der Waals surface area contributed by atoms with Crippen LogP contribution in [-0.4, -0.2) is 4.57 Å². The lowest BCUT2D eigenvalue weighted by molar-refractivity contribution is 0.535. The highest BCUT2D eigenvalue weighted by Gasteiger charge is 2.09. The highest BCUT2D eigenvalue weighted by molar-refractivity contribution is 5.88. The fraction of sp³-hybridized carbons (Fsp3) is 0.308. The summed E-state index contributed by atoms with van der Waals surface area (Å²) in [6.45, 7) is 5.22. The van der Waals surface area contributed by atoms with Crippen molar-refractivity contribution in [3.8, 4) is 6.07 Å². The third-order valence-electron chi connectivity index (χ3n) is 2.59. The second-order valence-corrected chi connectivity index (χ2v) is 4.48. The second-order valence-electron chi connectivity index (χ2n) is 4.48. The van der Waals surface area contributed by atoms with Crippen LogP contribution in [0.2, 0.25) is 0 Å². The third kappa shape index (κ3) is 1.74. The molecule has 1 aromatic heterocycles. The molecule has 16 heavy (non-hydrogen) atoms. The summed E-state index contributed by atoms with van der Waals surface area (Å²) in [5, 5.41) is 10.0. The molecule has 1 heterocycles. The molecule has 0 spiro atoms. The molecular weight excluding hydrogens is 198 g/mol. The standard InChI is InChI=1S/C13H15N3/c1-9(2)7-16-8-10(6-14)12-4-3-11(15)5-13(12)16/h3-5,8-9H,7,15H2,1-2H3. The van der Waals surface area contributed by atoms with E-state index in [0.29, 0.717) is 5.92 Å². The predicted octanol–water partition coefficient (Wildman–Crippen LogP) is 2.75. The van der Waals surface area contributed by atoms with E-state index in [2.05, 4.69) is 24.5 Å². The SMILES string of the molecule is CC(C)Cn1cc(C#N)c2ccc(N)cc21. The summed E-state index contributed by atoms with van der Waals surface area (Å²) in [4.78, 5) is 0. The van der Waals surface area contributed by atoms with Gasteiger partial charge in [-0.25, -0.2) is 0 Å². The minimum atomic E-state index is 0.545. The van der Waals surface area contributed by atoms with E-state index in [4.69, 9.17) is 11.0 Å². The van der Waals surface area contributed by atoms with Crippen molar-refractivity contribution in [1.82, 2.24) is 4.57 Å². The summed E-state index contributed by atoms with van der Waals surface area (Å²) < 4.78 is 2.11. The van der Waals surface area contributed by atoms with Gasteiger partial charge in [0.15, 0.2) is 0 Å². The monoisotopic (exact) mass is 213 g/mol. The van der Waals surface area contributed by atoms with Crippen LogP contribution in [0.1, 0.15) is 19.4 Å². The molecule has 0 saturated heterocycles. The number of nitrogen functional groups attached to an aromatic ring is 1. The van der Waals surface area contributed by atoms with Gasteiger partial charge in [0, 0.05) is 23.8 Å². The van der Waals surface area contributed by atoms with Gasteiger partial charge in [-0.2, -0.15) is 5.26 Å². The number of hydrogen-bond donors (Lipinski definition) is 1. The van der Waals surface area contributed by atoms with Crippen molar-refractivity contribution in [3.05, 3.63) is 30.0 Å². The summed E-state index contributed by atoms with van der Waals surface area (Å²) in [5.41, 5.74) is 8.28. The Labute approximate surface area is 95.1 Å². The zero-order valence-electron chi connectivity index (χ0n) is 9.57. The van der Waals surface area contributed by atoms with E-state index in [9.17, 15) is 0 Å². The maximum absolute atomic E-state index is 9.06. The number of nitrogens with zero attached hydrogens (tertiary/aromatic N) is 2. The molecule has 3 heteroatoms. The maximum atomic E-state index is 9.06. The van der Waals surface area contributed by atoms with E-state index in [0.717, 1.165) is 28.7 Å². The largest absolute Gasteiger partial charge is 0.399 e. The number of anilines is 1. The summed E-state index contributed by atoms with van der Waals surface area (Å²) in [6.07, 6.45) is 1.91. The fourth-order valence-electron chi connectivity index (χ4n) is 1.94. The molecular formula is C13H15N3. The Balaban J connectivity index is 2.65. The molecule has 0 radical (unpaired) electrons. The minimum Gasteiger partial charge on any atom is -0.399 e. The van der Waals surface area contributed by atoms with E-state index in [-0.39, 0.29) is 0 Å². The Morgan fingerprint density at radius 2 is 2.19 bits per heavy atom. The Kier molecular flexibility index (Phi) is 2.57. The van der Waals surface area contributed by atoms with Gasteiger partial charge >= 0.3 is 0 Å². The van der Waals surface area contributed by atoms with E-state index in [1.807, 2.05) is 24.4 Å². The molecule has 0 aliphatic heterocycles. The summed E-state index contributed by atoms with van der Waals surface area (Å²) in [6, 6.07) is 7.90. The van der Waals surface area contributed by atoms with Crippen LogP contribution in [0.3, 0.4) is 0 Å². The van der Waals surface area contributed by atoms with Gasteiger partial charge in [-0.15, -0.1) is 0 Å². The Morgan fingerprint density at radius 1 is 1.44 bits per heavy atom. The molecule has 0 aliphatic rings. The molecule has 0 saturated carbocycles. The normalized spacial score (nSPS) is 10.9. The lowest BCUT2D eigenvalue weighted by atomic mass is 10.2. The zero-order chi connectivity index (χ0) is 11.7. The first-order valence-corrected chi connectivity index (χ1v) is 5.40. The smallest absolute Gasteiger partial charge is 0.101 e. The summed E-state index contributed by atoms with van der Waals surface area (Å²) >= 11 is 0. The van der Waals surface area contributed by atoms with E-state index in [1.54, 1.807) is 0 Å². The molecule has 0 fully saturated rings. The van der Waals surface area contributed by atoms with E-state index >= 15 is 0 Å². The Hall–Kier alpha value is -1.95. The van der Waals surface area contributed by atoms with Crippen molar-refractivity contribution in [2.75, 3.05) is 5.73 Å². The molecule has 0 bridgehead atoms. The number of aromatic nitrogens is 1. The fourth-order valence-corrected chi connectivity index (χ4v) is 1.94. The van der Waals surface area contributed by atoms with Crippen molar-refractivity contribution >= 4 is 16.6 Å². The van der Waals surface area contributed by atoms with Crippen molar-refractivity contribution in [3.63, 3.8) is 0 Å². The molecule has 0 amide bonds. The van der Waals surface area contributed by atoms with Crippen LogP contribution in [0, 0.1) is 17.2 Å². The van der Waals surface area contributed by atoms with E-state index in [1.165, 1.54) is 0 Å². The Morgan fingerprint density at radius 3 is 2.81 bits per heavy atom. The summed E-state index contributed by atoms with van der Waals surface area (Å²) in [7, 11) is 0. The quantitative estimate of drug-likeness (QED) is 0.780. The van der Waals surface area contributed by atoms with Crippen molar-refractivity contribution in [2.24, 2.45) is 5.92 Å². The lowest BCUT2D eigenvalue weighted by Crippen LogP contribution is -2.02. The van der Waals surface area contributed by atoms with Gasteiger partial charge in [-0.05, 0) is 24.1 Å². The molecule has 0 aliphatic carbocycles. The van der Waals surface area contributed by atoms with Crippen LogP contribution < -0.4 is 5.73 Å². The van der Waals surface area contributed by atoms with Crippen LogP contribution >= 0.6 is 0 Å². The van der Waals surface area contributed by atoms with Gasteiger partial charge < -0.3 is 10.3 Å². The average Bonchev–Trinajstić information content (AvgIpc) is 2.55. The maximum Gasteiger partial charge on any atom is 0.101 e. The van der Waals surface area contributed by atoms with Gasteiger partial charge in [-0.1, -0.05) is 13.8 Å². The van der Waals surface area contributed by atoms with E-state index < -0.39 is 0 Å². The molecule has 1 aromatic carbocycles. The Bertz CT molecular complexity index is 558. The molecule has 0 unspecified atom stereocenters. The van der Waals surface area contributed by atoms with Crippen LogP contribution in [0.25, 0.3) is 10.9 Å². The molecule has 0 atom stereocenters. The predicted molar refractivity (Wildman–Crippen MR) is 65.9 cm³/mol. The first kappa shape index (κ1) is 10.6. The molecule has 2 rings (SSSR count). The topological polar surface area (TPSA) is 54.7 Å². The van der Waals surface area contributed by atoms with Crippen LogP contribution in [0.4, 0.5) is 5.69 Å². The van der Waals surface area contributed by atoms with Crippen molar-refractivity contribution in [1.29, 1.82) is 5.26 Å². The minimum absolute atomic E-state index is 0.545. The van der Waals surface area contributed by atoms with Crippen molar-refractivity contribution in [2.45, 2.75) is 20.4 Å². The van der Waals surface area contributed by atoms with Crippen molar-refractivity contribution < 1.29 is 0 Å². The van der Waals surface area contributed by atoms with Crippen LogP contribution in [0.15, 0.2) is 24.4 Å². The average molecular weight is 213 g/mol. The lowest BCUT2D eigenvalue weighted by Gasteiger charge is -2.08. The van der Waals surface area contributed by atoms with Gasteiger partial charge in [-0.3, -0.25) is 0 Å². The third-order valence-corrected chi connectivity index (χ3v) is 2.59.